The van der Waals surface area contributed by atoms with E-state index in [1.54, 1.807) is 12.1 Å². The van der Waals surface area contributed by atoms with E-state index in [4.69, 9.17) is 4.74 Å². The first-order valence-electron chi connectivity index (χ1n) is 7.95. The van der Waals surface area contributed by atoms with Crippen LogP contribution in [0.2, 0.25) is 0 Å². The lowest BCUT2D eigenvalue weighted by Gasteiger charge is -2.06. The van der Waals surface area contributed by atoms with Gasteiger partial charge >= 0.3 is 5.97 Å². The maximum atomic E-state index is 13.4. The van der Waals surface area contributed by atoms with E-state index in [1.807, 2.05) is 24.3 Å². The molecule has 0 aliphatic carbocycles. The van der Waals surface area contributed by atoms with Crippen molar-refractivity contribution in [2.24, 2.45) is 0 Å². The molecular weight excluding hydrogens is 321 g/mol. The summed E-state index contributed by atoms with van der Waals surface area (Å²) in [7, 11) is 0. The molecule has 0 spiro atoms. The summed E-state index contributed by atoms with van der Waals surface area (Å²) in [5.74, 6) is -1.35. The highest BCUT2D eigenvalue weighted by atomic mass is 19.1. The Bertz CT molecular complexity index is 767. The number of nitrogens with one attached hydrogen (secondary N) is 1. The molecule has 0 aromatic heterocycles. The summed E-state index contributed by atoms with van der Waals surface area (Å²) in [5, 5.41) is 2.34. The maximum Gasteiger partial charge on any atom is 0.331 e. The molecule has 0 saturated heterocycles. The lowest BCUT2D eigenvalue weighted by atomic mass is 10.0. The number of carbonyl (C=O) groups is 2. The van der Waals surface area contributed by atoms with E-state index in [9.17, 15) is 14.0 Å². The van der Waals surface area contributed by atoms with Crippen LogP contribution in [0.15, 0.2) is 54.6 Å². The van der Waals surface area contributed by atoms with E-state index in [2.05, 4.69) is 19.2 Å². The van der Waals surface area contributed by atoms with Gasteiger partial charge in [0.15, 0.2) is 6.61 Å². The van der Waals surface area contributed by atoms with Crippen molar-refractivity contribution in [3.05, 3.63) is 71.6 Å². The highest BCUT2D eigenvalue weighted by Crippen LogP contribution is 2.15. The molecule has 4 nitrogen and oxygen atoms in total. The predicted octanol–water partition coefficient (Wildman–Crippen LogP) is 4.14. The van der Waals surface area contributed by atoms with Crippen LogP contribution in [0.3, 0.4) is 0 Å². The number of anilines is 1. The number of rotatable bonds is 6. The van der Waals surface area contributed by atoms with E-state index >= 15 is 0 Å². The molecule has 0 aliphatic rings. The van der Waals surface area contributed by atoms with Crippen LogP contribution in [0.25, 0.3) is 6.08 Å². The molecule has 0 bridgehead atoms. The molecule has 130 valence electrons. The van der Waals surface area contributed by atoms with Gasteiger partial charge in [-0.15, -0.1) is 0 Å². The standard InChI is InChI=1S/C20H20FNO3/c1-14(2)16-10-7-15(8-11-16)9-12-20(24)25-13-19(23)22-18-6-4-3-5-17(18)21/h3-12,14H,13H2,1-2H3,(H,22,23)/b12-9+. The predicted molar refractivity (Wildman–Crippen MR) is 95.6 cm³/mol. The molecule has 0 unspecified atom stereocenters. The average molecular weight is 341 g/mol. The largest absolute Gasteiger partial charge is 0.452 e. The highest BCUT2D eigenvalue weighted by Gasteiger charge is 2.08. The van der Waals surface area contributed by atoms with Crippen LogP contribution in [0.1, 0.15) is 30.9 Å². The molecule has 1 N–H and O–H groups in total. The normalized spacial score (nSPS) is 10.9. The Morgan fingerprint density at radius 3 is 2.44 bits per heavy atom. The van der Waals surface area contributed by atoms with Crippen LogP contribution in [-0.2, 0) is 14.3 Å². The zero-order valence-corrected chi connectivity index (χ0v) is 14.2. The Morgan fingerprint density at radius 1 is 1.12 bits per heavy atom. The van der Waals surface area contributed by atoms with Gasteiger partial charge in [-0.1, -0.05) is 50.2 Å². The zero-order chi connectivity index (χ0) is 18.2. The Morgan fingerprint density at radius 2 is 1.80 bits per heavy atom. The Kier molecular flexibility index (Phi) is 6.46. The van der Waals surface area contributed by atoms with Gasteiger partial charge < -0.3 is 10.1 Å². The fourth-order valence-electron chi connectivity index (χ4n) is 2.09. The van der Waals surface area contributed by atoms with Crippen molar-refractivity contribution in [2.45, 2.75) is 19.8 Å². The van der Waals surface area contributed by atoms with Gasteiger partial charge in [-0.05, 0) is 35.3 Å². The summed E-state index contributed by atoms with van der Waals surface area (Å²) < 4.78 is 18.2. The second-order valence-electron chi connectivity index (χ2n) is 5.79. The van der Waals surface area contributed by atoms with Gasteiger partial charge in [0, 0.05) is 6.08 Å². The number of carbonyl (C=O) groups excluding carboxylic acids is 2. The first-order valence-corrected chi connectivity index (χ1v) is 7.95. The Hall–Kier alpha value is -2.95. The number of hydrogen-bond donors (Lipinski definition) is 1. The number of halogens is 1. The molecule has 1 amide bonds. The van der Waals surface area contributed by atoms with E-state index in [1.165, 1.54) is 29.8 Å². The summed E-state index contributed by atoms with van der Waals surface area (Å²) in [6, 6.07) is 13.6. The van der Waals surface area contributed by atoms with Crippen LogP contribution >= 0.6 is 0 Å². The van der Waals surface area contributed by atoms with E-state index < -0.39 is 24.3 Å². The summed E-state index contributed by atoms with van der Waals surface area (Å²) in [4.78, 5) is 23.3. The number of ether oxygens (including phenoxy) is 1. The van der Waals surface area contributed by atoms with Crippen molar-refractivity contribution < 1.29 is 18.7 Å². The lowest BCUT2D eigenvalue weighted by molar-refractivity contribution is -0.142. The molecular formula is C20H20FNO3. The monoisotopic (exact) mass is 341 g/mol. The topological polar surface area (TPSA) is 55.4 Å². The van der Waals surface area contributed by atoms with Crippen molar-refractivity contribution in [2.75, 3.05) is 11.9 Å². The molecule has 0 heterocycles. The SMILES string of the molecule is CC(C)c1ccc(/C=C/C(=O)OCC(=O)Nc2ccccc2F)cc1. The first-order chi connectivity index (χ1) is 12.0. The first kappa shape index (κ1) is 18.4. The Labute approximate surface area is 146 Å². The van der Waals surface area contributed by atoms with Crippen molar-refractivity contribution in [3.8, 4) is 0 Å². The molecule has 0 saturated carbocycles. The van der Waals surface area contributed by atoms with Gasteiger partial charge in [-0.25, -0.2) is 9.18 Å². The van der Waals surface area contributed by atoms with E-state index in [0.717, 1.165) is 5.56 Å². The lowest BCUT2D eigenvalue weighted by Crippen LogP contribution is -2.20. The molecule has 2 aromatic rings. The molecule has 0 radical (unpaired) electrons. The van der Waals surface area contributed by atoms with Gasteiger partial charge in [0.25, 0.3) is 5.91 Å². The minimum absolute atomic E-state index is 0.0457. The quantitative estimate of drug-likeness (QED) is 0.634. The van der Waals surface area contributed by atoms with Gasteiger partial charge in [0.05, 0.1) is 5.69 Å². The zero-order valence-electron chi connectivity index (χ0n) is 14.2. The van der Waals surface area contributed by atoms with Crippen molar-refractivity contribution in [1.82, 2.24) is 0 Å². The summed E-state index contributed by atoms with van der Waals surface area (Å²) >= 11 is 0. The minimum Gasteiger partial charge on any atom is -0.452 e. The Balaban J connectivity index is 1.81. The fourth-order valence-corrected chi connectivity index (χ4v) is 2.09. The third kappa shape index (κ3) is 5.88. The number of para-hydroxylation sites is 1. The highest BCUT2D eigenvalue weighted by molar-refractivity contribution is 5.94. The van der Waals surface area contributed by atoms with Crippen molar-refractivity contribution in [3.63, 3.8) is 0 Å². The fraction of sp³-hybridized carbons (Fsp3) is 0.200. The second-order valence-corrected chi connectivity index (χ2v) is 5.79. The smallest absolute Gasteiger partial charge is 0.331 e. The van der Waals surface area contributed by atoms with Crippen LogP contribution in [0.5, 0.6) is 0 Å². The number of esters is 1. The molecule has 2 rings (SSSR count). The van der Waals surface area contributed by atoms with Crippen LogP contribution < -0.4 is 5.32 Å². The van der Waals surface area contributed by atoms with Gasteiger partial charge in [-0.2, -0.15) is 0 Å². The molecule has 0 aliphatic heterocycles. The van der Waals surface area contributed by atoms with Crippen molar-refractivity contribution >= 4 is 23.6 Å². The third-order valence-electron chi connectivity index (χ3n) is 3.51. The summed E-state index contributed by atoms with van der Waals surface area (Å²) in [5.41, 5.74) is 2.12. The molecule has 25 heavy (non-hydrogen) atoms. The van der Waals surface area contributed by atoms with Gasteiger partial charge in [0.2, 0.25) is 0 Å². The number of hydrogen-bond acceptors (Lipinski definition) is 3. The van der Waals surface area contributed by atoms with E-state index in [-0.39, 0.29) is 5.69 Å². The second kappa shape index (κ2) is 8.78. The molecule has 0 fully saturated rings. The van der Waals surface area contributed by atoms with Crippen molar-refractivity contribution in [1.29, 1.82) is 0 Å². The molecule has 5 heteroatoms. The number of amides is 1. The molecule has 0 atom stereocenters. The minimum atomic E-state index is -0.642. The summed E-state index contributed by atoms with van der Waals surface area (Å²) in [6.07, 6.45) is 2.86. The van der Waals surface area contributed by atoms with Gasteiger partial charge in [-0.3, -0.25) is 4.79 Å². The number of benzene rings is 2. The van der Waals surface area contributed by atoms with Crippen LogP contribution in [0.4, 0.5) is 10.1 Å². The average Bonchev–Trinajstić information content (AvgIpc) is 2.60. The van der Waals surface area contributed by atoms with E-state index in [0.29, 0.717) is 5.92 Å². The van der Waals surface area contributed by atoms with Crippen LogP contribution in [-0.4, -0.2) is 18.5 Å². The van der Waals surface area contributed by atoms with Gasteiger partial charge in [0.1, 0.15) is 5.82 Å². The maximum absolute atomic E-state index is 13.4. The van der Waals surface area contributed by atoms with Crippen LogP contribution in [0, 0.1) is 5.82 Å². The third-order valence-corrected chi connectivity index (χ3v) is 3.51. The molecule has 2 aromatic carbocycles. The summed E-state index contributed by atoms with van der Waals surface area (Å²) in [6.45, 7) is 3.73.